The Morgan fingerprint density at radius 1 is 0.808 bits per heavy atom. The lowest BCUT2D eigenvalue weighted by Gasteiger charge is -2.31. The van der Waals surface area contributed by atoms with Gasteiger partial charge in [-0.25, -0.2) is 9.59 Å². The van der Waals surface area contributed by atoms with Crippen LogP contribution in [-0.4, -0.2) is 17.7 Å². The Labute approximate surface area is 156 Å². The summed E-state index contributed by atoms with van der Waals surface area (Å²) in [5.74, 6) is -2.51. The van der Waals surface area contributed by atoms with E-state index in [-0.39, 0.29) is 16.4 Å². The lowest BCUT2D eigenvalue weighted by atomic mass is 9.78. The predicted octanol–water partition coefficient (Wildman–Crippen LogP) is 4.89. The zero-order valence-electron chi connectivity index (χ0n) is 17.4. The number of benzene rings is 1. The maximum absolute atomic E-state index is 12.4. The van der Waals surface area contributed by atoms with E-state index in [1.54, 1.807) is 20.8 Å². The molecule has 4 nitrogen and oxygen atoms in total. The Balaban J connectivity index is 2.67. The van der Waals surface area contributed by atoms with E-state index in [2.05, 4.69) is 47.6 Å². The van der Waals surface area contributed by atoms with Gasteiger partial charge >= 0.3 is 11.9 Å². The summed E-state index contributed by atoms with van der Waals surface area (Å²) in [6.07, 6.45) is 0. The minimum absolute atomic E-state index is 0.0322. The topological polar surface area (TPSA) is 52.6 Å². The maximum atomic E-state index is 12.4. The lowest BCUT2D eigenvalue weighted by Crippen LogP contribution is -2.42. The number of esters is 2. The Morgan fingerprint density at radius 2 is 1.19 bits per heavy atom. The van der Waals surface area contributed by atoms with E-state index in [0.717, 1.165) is 16.7 Å². The average Bonchev–Trinajstić information content (AvgIpc) is 2.42. The minimum Gasteiger partial charge on any atom is -0.419 e. The first-order valence-electron chi connectivity index (χ1n) is 8.96. The molecule has 0 radical (unpaired) electrons. The van der Waals surface area contributed by atoms with Crippen molar-refractivity contribution < 1.29 is 19.1 Å². The molecular formula is C22H30O4. The number of carbonyl (C=O) groups excluding carboxylic acids is 2. The maximum Gasteiger partial charge on any atom is 0.349 e. The van der Waals surface area contributed by atoms with E-state index >= 15 is 0 Å². The van der Waals surface area contributed by atoms with Gasteiger partial charge in [0.15, 0.2) is 0 Å². The quantitative estimate of drug-likeness (QED) is 0.407. The second-order valence-electron chi connectivity index (χ2n) is 9.48. The number of rotatable bonds is 1. The van der Waals surface area contributed by atoms with E-state index in [1.807, 2.05) is 12.1 Å². The predicted molar refractivity (Wildman–Crippen MR) is 103 cm³/mol. The van der Waals surface area contributed by atoms with E-state index in [9.17, 15) is 9.59 Å². The van der Waals surface area contributed by atoms with Crippen LogP contribution in [0.25, 0.3) is 5.57 Å². The fraction of sp³-hybridized carbons (Fsp3) is 0.545. The molecule has 0 spiro atoms. The molecule has 4 heteroatoms. The van der Waals surface area contributed by atoms with Gasteiger partial charge < -0.3 is 9.47 Å². The molecule has 0 saturated carbocycles. The molecule has 2 rings (SSSR count). The molecule has 1 aliphatic heterocycles. The summed E-state index contributed by atoms with van der Waals surface area (Å²) in [6, 6.07) is 6.28. The molecule has 26 heavy (non-hydrogen) atoms. The number of hydrogen-bond donors (Lipinski definition) is 0. The zero-order valence-corrected chi connectivity index (χ0v) is 17.4. The third-order valence-electron chi connectivity index (χ3n) is 4.56. The standard InChI is InChI=1S/C22H30O4/c1-13(17-18(23)25-22(8,9)26-19(17)24)14-10-15(20(2,3)4)12-16(11-14)21(5,6)7/h10-12H,1-9H3. The van der Waals surface area contributed by atoms with Crippen LogP contribution in [0.1, 0.15) is 79.0 Å². The van der Waals surface area contributed by atoms with Gasteiger partial charge in [-0.2, -0.15) is 0 Å². The molecular weight excluding hydrogens is 328 g/mol. The van der Waals surface area contributed by atoms with E-state index in [4.69, 9.17) is 9.47 Å². The van der Waals surface area contributed by atoms with Crippen LogP contribution in [0.5, 0.6) is 0 Å². The zero-order chi connectivity index (χ0) is 20.1. The van der Waals surface area contributed by atoms with Crippen molar-refractivity contribution in [3.05, 3.63) is 40.5 Å². The fourth-order valence-corrected chi connectivity index (χ4v) is 2.81. The van der Waals surface area contributed by atoms with Gasteiger partial charge in [0.1, 0.15) is 5.57 Å². The summed E-state index contributed by atoms with van der Waals surface area (Å²) < 4.78 is 10.5. The van der Waals surface area contributed by atoms with Crippen molar-refractivity contribution in [3.63, 3.8) is 0 Å². The van der Waals surface area contributed by atoms with Gasteiger partial charge in [-0.15, -0.1) is 0 Å². The molecule has 1 fully saturated rings. The summed E-state index contributed by atoms with van der Waals surface area (Å²) in [4.78, 5) is 24.8. The second-order valence-corrected chi connectivity index (χ2v) is 9.48. The monoisotopic (exact) mass is 358 g/mol. The van der Waals surface area contributed by atoms with Crippen molar-refractivity contribution in [2.45, 2.75) is 78.9 Å². The molecule has 0 atom stereocenters. The van der Waals surface area contributed by atoms with Crippen molar-refractivity contribution >= 4 is 17.5 Å². The number of allylic oxidation sites excluding steroid dienone is 1. The molecule has 1 heterocycles. The molecule has 0 unspecified atom stereocenters. The Hall–Kier alpha value is -2.10. The Kier molecular flexibility index (Phi) is 4.86. The van der Waals surface area contributed by atoms with Crippen molar-refractivity contribution in [3.8, 4) is 0 Å². The van der Waals surface area contributed by atoms with E-state index in [1.165, 1.54) is 0 Å². The first-order valence-corrected chi connectivity index (χ1v) is 8.96. The molecule has 0 aromatic heterocycles. The van der Waals surface area contributed by atoms with Crippen LogP contribution < -0.4 is 0 Å². The normalized spacial score (nSPS) is 17.7. The summed E-state index contributed by atoms with van der Waals surface area (Å²) in [5, 5.41) is 0. The fourth-order valence-electron chi connectivity index (χ4n) is 2.81. The molecule has 1 aromatic rings. The van der Waals surface area contributed by atoms with Crippen molar-refractivity contribution in [2.75, 3.05) is 0 Å². The minimum atomic E-state index is -1.23. The summed E-state index contributed by atoms with van der Waals surface area (Å²) in [5.41, 5.74) is 3.57. The van der Waals surface area contributed by atoms with Gasteiger partial charge in [0.05, 0.1) is 0 Å². The molecule has 0 N–H and O–H groups in total. The largest absolute Gasteiger partial charge is 0.419 e. The Bertz CT molecular complexity index is 729. The average molecular weight is 358 g/mol. The lowest BCUT2D eigenvalue weighted by molar-refractivity contribution is -0.222. The number of ether oxygens (including phenoxy) is 2. The van der Waals surface area contributed by atoms with Crippen LogP contribution >= 0.6 is 0 Å². The third kappa shape index (κ3) is 4.17. The highest BCUT2D eigenvalue weighted by Gasteiger charge is 2.40. The highest BCUT2D eigenvalue weighted by atomic mass is 16.7. The van der Waals surface area contributed by atoms with Crippen LogP contribution in [0.2, 0.25) is 0 Å². The molecule has 142 valence electrons. The molecule has 0 bridgehead atoms. The highest BCUT2D eigenvalue weighted by Crippen LogP contribution is 2.34. The van der Waals surface area contributed by atoms with Crippen LogP contribution in [0.3, 0.4) is 0 Å². The van der Waals surface area contributed by atoms with Gasteiger partial charge in [-0.1, -0.05) is 59.7 Å². The smallest absolute Gasteiger partial charge is 0.349 e. The molecule has 0 amide bonds. The van der Waals surface area contributed by atoms with Crippen molar-refractivity contribution in [1.29, 1.82) is 0 Å². The summed E-state index contributed by atoms with van der Waals surface area (Å²) in [6.45, 7) is 17.7. The van der Waals surface area contributed by atoms with Gasteiger partial charge in [0, 0.05) is 13.8 Å². The highest BCUT2D eigenvalue weighted by molar-refractivity contribution is 6.20. The number of cyclic esters (lactones) is 2. The van der Waals surface area contributed by atoms with E-state index < -0.39 is 17.7 Å². The van der Waals surface area contributed by atoms with Crippen LogP contribution in [0, 0.1) is 0 Å². The van der Waals surface area contributed by atoms with Crippen molar-refractivity contribution in [1.82, 2.24) is 0 Å². The second kappa shape index (κ2) is 6.26. The van der Waals surface area contributed by atoms with Crippen LogP contribution in [-0.2, 0) is 29.9 Å². The summed E-state index contributed by atoms with van der Waals surface area (Å²) in [7, 11) is 0. The Morgan fingerprint density at radius 3 is 1.54 bits per heavy atom. The van der Waals surface area contributed by atoms with Crippen LogP contribution in [0.4, 0.5) is 0 Å². The SMILES string of the molecule is CC(=C1C(=O)OC(C)(C)OC1=O)c1cc(C(C)(C)C)cc(C(C)(C)C)c1. The first-order chi connectivity index (χ1) is 11.6. The van der Waals surface area contributed by atoms with E-state index in [0.29, 0.717) is 5.57 Å². The molecule has 1 aromatic carbocycles. The first kappa shape index (κ1) is 20.2. The molecule has 1 saturated heterocycles. The van der Waals surface area contributed by atoms with Gasteiger partial charge in [0.25, 0.3) is 5.79 Å². The van der Waals surface area contributed by atoms with Gasteiger partial charge in [-0.3, -0.25) is 0 Å². The van der Waals surface area contributed by atoms with Crippen molar-refractivity contribution in [2.24, 2.45) is 0 Å². The summed E-state index contributed by atoms with van der Waals surface area (Å²) >= 11 is 0. The van der Waals surface area contributed by atoms with Gasteiger partial charge in [-0.05, 0) is 40.0 Å². The molecule has 0 aliphatic carbocycles. The van der Waals surface area contributed by atoms with Crippen LogP contribution in [0.15, 0.2) is 23.8 Å². The number of carbonyl (C=O) groups is 2. The molecule has 1 aliphatic rings. The number of hydrogen-bond acceptors (Lipinski definition) is 4. The van der Waals surface area contributed by atoms with Gasteiger partial charge in [0.2, 0.25) is 0 Å². The third-order valence-corrected chi connectivity index (χ3v) is 4.56.